The molecular formula is C9H16. The van der Waals surface area contributed by atoms with E-state index in [-0.39, 0.29) is 0 Å². The maximum Gasteiger partial charge on any atom is -0.0214 e. The molecule has 0 aromatic rings. The molecule has 0 rings (SSSR count). The van der Waals surface area contributed by atoms with Gasteiger partial charge in [-0.15, -0.1) is 5.73 Å². The van der Waals surface area contributed by atoms with Crippen LogP contribution in [0.1, 0.15) is 33.6 Å². The number of hydrogen-bond donors (Lipinski definition) is 0. The quantitative estimate of drug-likeness (QED) is 0.507. The molecule has 0 amide bonds. The number of unbranched alkanes of at least 4 members (excludes halogenated alkanes) is 1. The molecule has 0 spiro atoms. The molecule has 0 aromatic carbocycles. The van der Waals surface area contributed by atoms with E-state index in [9.17, 15) is 0 Å². The summed E-state index contributed by atoms with van der Waals surface area (Å²) >= 11 is 0. The van der Waals surface area contributed by atoms with Crippen LogP contribution in [0.15, 0.2) is 17.9 Å². The van der Waals surface area contributed by atoms with E-state index >= 15 is 0 Å². The Morgan fingerprint density at radius 2 is 2.11 bits per heavy atom. The van der Waals surface area contributed by atoms with E-state index in [1.165, 1.54) is 6.42 Å². The molecule has 0 heterocycles. The topological polar surface area (TPSA) is 0 Å². The van der Waals surface area contributed by atoms with Gasteiger partial charge in [0.1, 0.15) is 0 Å². The first-order valence-corrected chi connectivity index (χ1v) is 3.68. The first kappa shape index (κ1) is 8.52. The van der Waals surface area contributed by atoms with Crippen LogP contribution in [-0.4, -0.2) is 0 Å². The molecule has 0 saturated heterocycles. The standard InChI is InChI=1S/C9H16/c1-4-5-6-7-8-9(2)3/h6,8-9H,4-5H2,1-3H3. The summed E-state index contributed by atoms with van der Waals surface area (Å²) in [6, 6.07) is 0. The summed E-state index contributed by atoms with van der Waals surface area (Å²) in [6.07, 6.45) is 6.57. The fourth-order valence-corrected chi connectivity index (χ4v) is 0.488. The molecule has 52 valence electrons. The van der Waals surface area contributed by atoms with Gasteiger partial charge in [-0.3, -0.25) is 0 Å². The molecule has 0 saturated carbocycles. The van der Waals surface area contributed by atoms with Crippen molar-refractivity contribution < 1.29 is 0 Å². The summed E-state index contributed by atoms with van der Waals surface area (Å²) in [7, 11) is 0. The second kappa shape index (κ2) is 5.65. The van der Waals surface area contributed by atoms with Crippen molar-refractivity contribution in [2.75, 3.05) is 0 Å². The van der Waals surface area contributed by atoms with Gasteiger partial charge in [0.2, 0.25) is 0 Å². The lowest BCUT2D eigenvalue weighted by atomic mass is 10.2. The van der Waals surface area contributed by atoms with Gasteiger partial charge in [-0.2, -0.15) is 0 Å². The third-order valence-electron chi connectivity index (χ3n) is 0.980. The van der Waals surface area contributed by atoms with Crippen LogP contribution in [0.4, 0.5) is 0 Å². The minimum atomic E-state index is 0.637. The predicted molar refractivity (Wildman–Crippen MR) is 42.4 cm³/mol. The molecule has 0 heteroatoms. The van der Waals surface area contributed by atoms with E-state index in [2.05, 4.69) is 38.7 Å². The molecule has 0 aromatic heterocycles. The van der Waals surface area contributed by atoms with E-state index in [1.54, 1.807) is 0 Å². The molecule has 0 N–H and O–H groups in total. The van der Waals surface area contributed by atoms with Gasteiger partial charge in [-0.25, -0.2) is 0 Å². The summed E-state index contributed by atoms with van der Waals surface area (Å²) in [4.78, 5) is 0. The van der Waals surface area contributed by atoms with Crippen LogP contribution in [0.25, 0.3) is 0 Å². The summed E-state index contributed by atoms with van der Waals surface area (Å²) in [6.45, 7) is 6.49. The van der Waals surface area contributed by atoms with Gasteiger partial charge in [0.25, 0.3) is 0 Å². The van der Waals surface area contributed by atoms with Crippen molar-refractivity contribution in [3.8, 4) is 0 Å². The number of allylic oxidation sites excluding steroid dienone is 1. The average molecular weight is 124 g/mol. The molecule has 0 bridgehead atoms. The van der Waals surface area contributed by atoms with Crippen LogP contribution < -0.4 is 0 Å². The van der Waals surface area contributed by atoms with Gasteiger partial charge < -0.3 is 0 Å². The molecule has 0 aliphatic carbocycles. The molecule has 0 radical (unpaired) electrons. The molecule has 0 atom stereocenters. The predicted octanol–water partition coefficient (Wildman–Crippen LogP) is 3.15. The van der Waals surface area contributed by atoms with Gasteiger partial charge in [-0.05, 0) is 24.5 Å². The third kappa shape index (κ3) is 7.52. The van der Waals surface area contributed by atoms with Crippen molar-refractivity contribution in [3.05, 3.63) is 17.9 Å². The van der Waals surface area contributed by atoms with Crippen molar-refractivity contribution in [2.45, 2.75) is 33.6 Å². The molecular weight excluding hydrogens is 108 g/mol. The van der Waals surface area contributed by atoms with Crippen LogP contribution in [0.2, 0.25) is 0 Å². The zero-order chi connectivity index (χ0) is 7.11. The first-order chi connectivity index (χ1) is 4.27. The Hall–Kier alpha value is -0.480. The van der Waals surface area contributed by atoms with Gasteiger partial charge in [-0.1, -0.05) is 27.2 Å². The van der Waals surface area contributed by atoms with Crippen LogP contribution in [-0.2, 0) is 0 Å². The van der Waals surface area contributed by atoms with Crippen molar-refractivity contribution in [2.24, 2.45) is 5.92 Å². The highest BCUT2D eigenvalue weighted by atomic mass is 13.8. The fourth-order valence-electron chi connectivity index (χ4n) is 0.488. The summed E-state index contributed by atoms with van der Waals surface area (Å²) < 4.78 is 0. The lowest BCUT2D eigenvalue weighted by Gasteiger charge is -1.86. The highest BCUT2D eigenvalue weighted by Gasteiger charge is 1.78. The Balaban J connectivity index is 3.41. The van der Waals surface area contributed by atoms with Gasteiger partial charge in [0.05, 0.1) is 0 Å². The van der Waals surface area contributed by atoms with Gasteiger partial charge in [0.15, 0.2) is 0 Å². The Bertz CT molecular complexity index is 103. The van der Waals surface area contributed by atoms with E-state index < -0.39 is 0 Å². The maximum atomic E-state index is 3.14. The fraction of sp³-hybridized carbons (Fsp3) is 0.667. The Morgan fingerprint density at radius 3 is 2.56 bits per heavy atom. The normalized spacial score (nSPS) is 8.89. The lowest BCUT2D eigenvalue weighted by molar-refractivity contribution is 0.832. The molecule has 0 aliphatic rings. The molecule has 9 heavy (non-hydrogen) atoms. The zero-order valence-electron chi connectivity index (χ0n) is 6.65. The van der Waals surface area contributed by atoms with Crippen LogP contribution in [0, 0.1) is 5.92 Å². The maximum absolute atomic E-state index is 3.14. The molecule has 0 nitrogen and oxygen atoms in total. The Kier molecular flexibility index (Phi) is 5.35. The minimum absolute atomic E-state index is 0.637. The summed E-state index contributed by atoms with van der Waals surface area (Å²) in [5, 5.41) is 0. The van der Waals surface area contributed by atoms with E-state index in [4.69, 9.17) is 0 Å². The van der Waals surface area contributed by atoms with E-state index in [0.29, 0.717) is 5.92 Å². The second-order valence-corrected chi connectivity index (χ2v) is 2.57. The Morgan fingerprint density at radius 1 is 1.44 bits per heavy atom. The zero-order valence-corrected chi connectivity index (χ0v) is 6.65. The highest BCUT2D eigenvalue weighted by molar-refractivity contribution is 4.86. The highest BCUT2D eigenvalue weighted by Crippen LogP contribution is 1.92. The van der Waals surface area contributed by atoms with Crippen LogP contribution in [0.5, 0.6) is 0 Å². The first-order valence-electron chi connectivity index (χ1n) is 3.68. The Labute approximate surface area is 58.3 Å². The van der Waals surface area contributed by atoms with Crippen LogP contribution >= 0.6 is 0 Å². The van der Waals surface area contributed by atoms with Gasteiger partial charge in [0, 0.05) is 0 Å². The number of hydrogen-bond acceptors (Lipinski definition) is 0. The van der Waals surface area contributed by atoms with Crippen LogP contribution in [0.3, 0.4) is 0 Å². The van der Waals surface area contributed by atoms with Crippen molar-refractivity contribution in [1.29, 1.82) is 0 Å². The monoisotopic (exact) mass is 124 g/mol. The lowest BCUT2D eigenvalue weighted by Crippen LogP contribution is -1.73. The number of rotatable bonds is 3. The van der Waals surface area contributed by atoms with Crippen molar-refractivity contribution >= 4 is 0 Å². The minimum Gasteiger partial charge on any atom is -0.129 e. The summed E-state index contributed by atoms with van der Waals surface area (Å²) in [5.74, 6) is 0.637. The SMILES string of the molecule is CCCC=C=CC(C)C. The van der Waals surface area contributed by atoms with Crippen molar-refractivity contribution in [3.63, 3.8) is 0 Å². The average Bonchev–Trinajstić information content (AvgIpc) is 1.80. The molecule has 0 aliphatic heterocycles. The summed E-state index contributed by atoms with van der Waals surface area (Å²) in [5.41, 5.74) is 3.14. The largest absolute Gasteiger partial charge is 0.129 e. The third-order valence-corrected chi connectivity index (χ3v) is 0.980. The van der Waals surface area contributed by atoms with Crippen molar-refractivity contribution in [1.82, 2.24) is 0 Å². The smallest absolute Gasteiger partial charge is 0.0214 e. The second-order valence-electron chi connectivity index (χ2n) is 2.57. The van der Waals surface area contributed by atoms with E-state index in [0.717, 1.165) is 6.42 Å². The molecule has 0 fully saturated rings. The van der Waals surface area contributed by atoms with Gasteiger partial charge >= 0.3 is 0 Å². The molecule has 0 unspecified atom stereocenters. The van der Waals surface area contributed by atoms with E-state index in [1.807, 2.05) is 0 Å².